The van der Waals surface area contributed by atoms with Gasteiger partial charge in [-0.15, -0.1) is 22.0 Å². The maximum absolute atomic E-state index is 13.1. The van der Waals surface area contributed by atoms with Crippen molar-refractivity contribution in [3.63, 3.8) is 0 Å². The molecule has 0 saturated heterocycles. The highest BCUT2D eigenvalue weighted by molar-refractivity contribution is 8.00. The van der Waals surface area contributed by atoms with Crippen LogP contribution in [-0.2, 0) is 17.6 Å². The number of fused-ring (bicyclic) bond motifs is 1. The van der Waals surface area contributed by atoms with Crippen molar-refractivity contribution < 1.29 is 4.79 Å². The third-order valence-electron chi connectivity index (χ3n) is 4.31. The third-order valence-corrected chi connectivity index (χ3v) is 7.34. The number of thioether (sulfide) groups is 2. The summed E-state index contributed by atoms with van der Waals surface area (Å²) in [5.74, 6) is 0.788. The molecule has 3 heterocycles. The lowest BCUT2D eigenvalue weighted by Crippen LogP contribution is -2.24. The molecule has 4 rings (SSSR count). The standard InChI is InChI=1S/C19H19N5O2S3/c1-3-15-22-23-18(29-15)21-14(25)10-28-19-20-13-8-9-27-16(13)17(26)24(19)12-6-4-11(2)5-7-12/h4-7H,3,8-10H2,1-2H3,(H,21,23,25). The Bertz CT molecular complexity index is 1110. The van der Waals surface area contributed by atoms with Gasteiger partial charge in [0, 0.05) is 12.2 Å². The van der Waals surface area contributed by atoms with Gasteiger partial charge in [0.1, 0.15) is 5.01 Å². The molecule has 1 amide bonds. The van der Waals surface area contributed by atoms with Crippen LogP contribution in [0.5, 0.6) is 0 Å². The van der Waals surface area contributed by atoms with E-state index in [1.54, 1.807) is 16.3 Å². The van der Waals surface area contributed by atoms with Gasteiger partial charge in [-0.3, -0.25) is 19.5 Å². The first-order valence-corrected chi connectivity index (χ1v) is 11.9. The Kier molecular flexibility index (Phi) is 6.02. The summed E-state index contributed by atoms with van der Waals surface area (Å²) in [7, 11) is 0. The molecule has 10 heteroatoms. The van der Waals surface area contributed by atoms with Crippen molar-refractivity contribution >= 4 is 45.9 Å². The number of hydrogen-bond acceptors (Lipinski definition) is 8. The van der Waals surface area contributed by atoms with Crippen LogP contribution in [-0.4, -0.2) is 37.2 Å². The van der Waals surface area contributed by atoms with E-state index in [1.165, 1.54) is 23.1 Å². The Balaban J connectivity index is 1.59. The fraction of sp³-hybridized carbons (Fsp3) is 0.316. The SMILES string of the molecule is CCc1nnc(NC(=O)CSc2nc3c(c(=O)n2-c2ccc(C)cc2)SCC3)s1. The number of nitrogens with one attached hydrogen (secondary N) is 1. The largest absolute Gasteiger partial charge is 0.300 e. The quantitative estimate of drug-likeness (QED) is 0.460. The number of aromatic nitrogens is 4. The minimum Gasteiger partial charge on any atom is -0.300 e. The summed E-state index contributed by atoms with van der Waals surface area (Å²) in [5.41, 5.74) is 2.62. The highest BCUT2D eigenvalue weighted by atomic mass is 32.2. The molecule has 0 aliphatic carbocycles. The van der Waals surface area contributed by atoms with Crippen LogP contribution in [0, 0.1) is 6.92 Å². The zero-order chi connectivity index (χ0) is 20.4. The molecular weight excluding hydrogens is 426 g/mol. The first-order valence-electron chi connectivity index (χ1n) is 9.16. The van der Waals surface area contributed by atoms with E-state index in [0.717, 1.165) is 40.5 Å². The molecule has 0 spiro atoms. The van der Waals surface area contributed by atoms with Crippen molar-refractivity contribution in [2.75, 3.05) is 16.8 Å². The first-order chi connectivity index (χ1) is 14.0. The van der Waals surface area contributed by atoms with Gasteiger partial charge in [-0.2, -0.15) is 0 Å². The van der Waals surface area contributed by atoms with Gasteiger partial charge in [-0.1, -0.05) is 47.7 Å². The minimum atomic E-state index is -0.201. The number of nitrogens with zero attached hydrogens (tertiary/aromatic N) is 4. The monoisotopic (exact) mass is 445 g/mol. The molecule has 1 aliphatic heterocycles. The predicted molar refractivity (Wildman–Crippen MR) is 118 cm³/mol. The highest BCUT2D eigenvalue weighted by Crippen LogP contribution is 2.30. The number of carbonyl (C=O) groups is 1. The van der Waals surface area contributed by atoms with E-state index < -0.39 is 0 Å². The second-order valence-corrected chi connectivity index (χ2v) is 9.55. The molecule has 7 nitrogen and oxygen atoms in total. The summed E-state index contributed by atoms with van der Waals surface area (Å²) < 4.78 is 1.61. The predicted octanol–water partition coefficient (Wildman–Crippen LogP) is 3.33. The Labute approximate surface area is 180 Å². The Morgan fingerprint density at radius 2 is 2.07 bits per heavy atom. The fourth-order valence-electron chi connectivity index (χ4n) is 2.84. The normalized spacial score (nSPS) is 12.8. The molecule has 3 aromatic rings. The Hall–Kier alpha value is -2.17. The zero-order valence-corrected chi connectivity index (χ0v) is 18.4. The molecule has 0 atom stereocenters. The molecule has 2 aromatic heterocycles. The van der Waals surface area contributed by atoms with Crippen LogP contribution < -0.4 is 10.9 Å². The van der Waals surface area contributed by atoms with Gasteiger partial charge in [-0.25, -0.2) is 4.98 Å². The number of carbonyl (C=O) groups excluding carboxylic acids is 1. The number of amides is 1. The molecule has 1 aromatic carbocycles. The molecule has 0 radical (unpaired) electrons. The third kappa shape index (κ3) is 4.39. The van der Waals surface area contributed by atoms with Gasteiger partial charge in [0.15, 0.2) is 5.16 Å². The summed E-state index contributed by atoms with van der Waals surface area (Å²) in [4.78, 5) is 30.9. The van der Waals surface area contributed by atoms with Gasteiger partial charge < -0.3 is 0 Å². The summed E-state index contributed by atoms with van der Waals surface area (Å²) >= 11 is 4.17. The van der Waals surface area contributed by atoms with E-state index in [2.05, 4.69) is 15.5 Å². The van der Waals surface area contributed by atoms with E-state index in [9.17, 15) is 9.59 Å². The number of benzene rings is 1. The van der Waals surface area contributed by atoms with Gasteiger partial charge in [0.25, 0.3) is 5.56 Å². The molecule has 0 fully saturated rings. The molecule has 150 valence electrons. The summed E-state index contributed by atoms with van der Waals surface area (Å²) in [6, 6.07) is 7.73. The van der Waals surface area contributed by atoms with Crippen molar-refractivity contribution in [3.05, 3.63) is 50.9 Å². The van der Waals surface area contributed by atoms with Crippen LogP contribution in [0.1, 0.15) is 23.2 Å². The lowest BCUT2D eigenvalue weighted by Gasteiger charge is -2.13. The fourth-order valence-corrected chi connectivity index (χ4v) is 5.39. The first kappa shape index (κ1) is 20.1. The second kappa shape index (κ2) is 8.68. The van der Waals surface area contributed by atoms with E-state index in [4.69, 9.17) is 4.98 Å². The van der Waals surface area contributed by atoms with E-state index >= 15 is 0 Å². The number of aryl methyl sites for hydroxylation is 3. The maximum Gasteiger partial charge on any atom is 0.272 e. The molecular formula is C19H19N5O2S3. The summed E-state index contributed by atoms with van der Waals surface area (Å²) in [6.45, 7) is 3.99. The van der Waals surface area contributed by atoms with E-state index in [1.807, 2.05) is 38.1 Å². The van der Waals surface area contributed by atoms with Crippen molar-refractivity contribution in [1.82, 2.24) is 19.7 Å². The highest BCUT2D eigenvalue weighted by Gasteiger charge is 2.23. The summed E-state index contributed by atoms with van der Waals surface area (Å²) in [5, 5.41) is 12.6. The van der Waals surface area contributed by atoms with Gasteiger partial charge in [0.2, 0.25) is 11.0 Å². The topological polar surface area (TPSA) is 89.8 Å². The van der Waals surface area contributed by atoms with Crippen molar-refractivity contribution in [2.45, 2.75) is 36.7 Å². The summed E-state index contributed by atoms with van der Waals surface area (Å²) in [6.07, 6.45) is 1.55. The maximum atomic E-state index is 13.1. The van der Waals surface area contributed by atoms with Crippen LogP contribution in [0.2, 0.25) is 0 Å². The number of rotatable bonds is 6. The number of hydrogen-bond donors (Lipinski definition) is 1. The van der Waals surface area contributed by atoms with Gasteiger partial charge in [-0.05, 0) is 25.5 Å². The average Bonchev–Trinajstić information content (AvgIpc) is 3.37. The average molecular weight is 446 g/mol. The molecule has 1 N–H and O–H groups in total. The molecule has 29 heavy (non-hydrogen) atoms. The van der Waals surface area contributed by atoms with Crippen LogP contribution in [0.4, 0.5) is 5.13 Å². The van der Waals surface area contributed by atoms with Crippen molar-refractivity contribution in [2.24, 2.45) is 0 Å². The Morgan fingerprint density at radius 3 is 2.79 bits per heavy atom. The van der Waals surface area contributed by atoms with Gasteiger partial charge in [0.05, 0.1) is 22.0 Å². The molecule has 0 unspecified atom stereocenters. The van der Waals surface area contributed by atoms with Crippen LogP contribution >= 0.6 is 34.9 Å². The van der Waals surface area contributed by atoms with Crippen molar-refractivity contribution in [1.29, 1.82) is 0 Å². The van der Waals surface area contributed by atoms with E-state index in [0.29, 0.717) is 15.2 Å². The van der Waals surface area contributed by atoms with Crippen LogP contribution in [0.25, 0.3) is 5.69 Å². The van der Waals surface area contributed by atoms with Crippen LogP contribution in [0.15, 0.2) is 39.1 Å². The zero-order valence-electron chi connectivity index (χ0n) is 16.0. The van der Waals surface area contributed by atoms with Gasteiger partial charge >= 0.3 is 0 Å². The number of anilines is 1. The lowest BCUT2D eigenvalue weighted by atomic mass is 10.2. The minimum absolute atomic E-state index is 0.0685. The lowest BCUT2D eigenvalue weighted by molar-refractivity contribution is -0.113. The van der Waals surface area contributed by atoms with Crippen LogP contribution in [0.3, 0.4) is 0 Å². The van der Waals surface area contributed by atoms with Crippen molar-refractivity contribution in [3.8, 4) is 5.69 Å². The molecule has 0 saturated carbocycles. The molecule has 1 aliphatic rings. The smallest absolute Gasteiger partial charge is 0.272 e. The second-order valence-electron chi connectivity index (χ2n) is 6.44. The van der Waals surface area contributed by atoms with E-state index in [-0.39, 0.29) is 17.2 Å². The Morgan fingerprint density at radius 1 is 1.28 bits per heavy atom. The molecule has 0 bridgehead atoms.